The molecule has 1 fully saturated rings. The van der Waals surface area contributed by atoms with Crippen LogP contribution in [0.4, 0.5) is 0 Å². The number of para-hydroxylation sites is 1. The van der Waals surface area contributed by atoms with Crippen molar-refractivity contribution in [3.8, 4) is 16.9 Å². The first kappa shape index (κ1) is 15.1. The molecule has 4 nitrogen and oxygen atoms in total. The Bertz CT molecular complexity index is 777. The summed E-state index contributed by atoms with van der Waals surface area (Å²) in [6, 6.07) is 20.7. The minimum atomic E-state index is 0.813. The van der Waals surface area contributed by atoms with Crippen LogP contribution in [-0.2, 0) is 11.3 Å². The normalized spacial score (nSPS) is 15.5. The molecule has 2 aromatic carbocycles. The maximum absolute atomic E-state index is 5.46. The van der Waals surface area contributed by atoms with Crippen LogP contribution in [-0.4, -0.2) is 41.0 Å². The summed E-state index contributed by atoms with van der Waals surface area (Å²) < 4.78 is 7.45. The van der Waals surface area contributed by atoms with E-state index in [2.05, 4.69) is 47.5 Å². The number of morpholine rings is 1. The van der Waals surface area contributed by atoms with E-state index < -0.39 is 0 Å². The van der Waals surface area contributed by atoms with Crippen molar-refractivity contribution in [3.05, 3.63) is 72.4 Å². The zero-order valence-electron chi connectivity index (χ0n) is 13.6. The third-order valence-corrected chi connectivity index (χ3v) is 4.36. The van der Waals surface area contributed by atoms with Crippen molar-refractivity contribution in [3.63, 3.8) is 0 Å². The highest BCUT2D eigenvalue weighted by Crippen LogP contribution is 2.25. The molecular weight excluding hydrogens is 298 g/mol. The number of ether oxygens (including phenoxy) is 1. The van der Waals surface area contributed by atoms with Gasteiger partial charge in [-0.25, -0.2) is 4.68 Å². The summed E-state index contributed by atoms with van der Waals surface area (Å²) in [5.41, 5.74) is 4.57. The van der Waals surface area contributed by atoms with Crippen LogP contribution in [0.15, 0.2) is 66.9 Å². The van der Waals surface area contributed by atoms with E-state index in [-0.39, 0.29) is 0 Å². The number of nitrogens with zero attached hydrogens (tertiary/aromatic N) is 3. The first-order valence-electron chi connectivity index (χ1n) is 8.40. The number of hydrogen-bond acceptors (Lipinski definition) is 3. The van der Waals surface area contributed by atoms with Crippen LogP contribution >= 0.6 is 0 Å². The van der Waals surface area contributed by atoms with Crippen molar-refractivity contribution in [1.82, 2.24) is 14.7 Å². The molecule has 0 saturated carbocycles. The largest absolute Gasteiger partial charge is 0.379 e. The highest BCUT2D eigenvalue weighted by Gasteiger charge is 2.17. The van der Waals surface area contributed by atoms with E-state index in [9.17, 15) is 0 Å². The van der Waals surface area contributed by atoms with Gasteiger partial charge in [-0.1, -0.05) is 48.5 Å². The monoisotopic (exact) mass is 319 g/mol. The van der Waals surface area contributed by atoms with Crippen molar-refractivity contribution in [1.29, 1.82) is 0 Å². The molecule has 1 aromatic heterocycles. The van der Waals surface area contributed by atoms with E-state index in [1.807, 2.05) is 28.9 Å². The van der Waals surface area contributed by atoms with E-state index >= 15 is 0 Å². The van der Waals surface area contributed by atoms with Gasteiger partial charge in [0.15, 0.2) is 0 Å². The molecule has 0 atom stereocenters. The molecule has 0 bridgehead atoms. The first-order valence-corrected chi connectivity index (χ1v) is 8.40. The van der Waals surface area contributed by atoms with Gasteiger partial charge in [-0.05, 0) is 12.1 Å². The Morgan fingerprint density at radius 3 is 2.25 bits per heavy atom. The molecule has 0 amide bonds. The van der Waals surface area contributed by atoms with Crippen molar-refractivity contribution in [2.45, 2.75) is 6.54 Å². The third-order valence-electron chi connectivity index (χ3n) is 4.36. The predicted molar refractivity (Wildman–Crippen MR) is 95.1 cm³/mol. The van der Waals surface area contributed by atoms with Gasteiger partial charge in [-0.15, -0.1) is 0 Å². The lowest BCUT2D eigenvalue weighted by molar-refractivity contribution is 0.0342. The molecule has 2 heterocycles. The maximum Gasteiger partial charge on any atom is 0.0972 e. The summed E-state index contributed by atoms with van der Waals surface area (Å²) in [4.78, 5) is 2.43. The number of hydrogen-bond donors (Lipinski definition) is 0. The Morgan fingerprint density at radius 2 is 1.54 bits per heavy atom. The van der Waals surface area contributed by atoms with Crippen molar-refractivity contribution < 1.29 is 4.74 Å². The average Bonchev–Trinajstić information content (AvgIpc) is 3.08. The van der Waals surface area contributed by atoms with E-state index in [4.69, 9.17) is 9.84 Å². The Balaban J connectivity index is 1.71. The van der Waals surface area contributed by atoms with Crippen LogP contribution in [0.3, 0.4) is 0 Å². The molecule has 0 radical (unpaired) electrons. The summed E-state index contributed by atoms with van der Waals surface area (Å²) in [6.45, 7) is 4.48. The molecule has 0 N–H and O–H groups in total. The summed E-state index contributed by atoms with van der Waals surface area (Å²) in [6.07, 6.45) is 2.16. The van der Waals surface area contributed by atoms with Gasteiger partial charge < -0.3 is 4.74 Å². The van der Waals surface area contributed by atoms with Crippen molar-refractivity contribution in [2.24, 2.45) is 0 Å². The fraction of sp³-hybridized carbons (Fsp3) is 0.250. The second kappa shape index (κ2) is 6.99. The number of benzene rings is 2. The highest BCUT2D eigenvalue weighted by molar-refractivity contribution is 5.63. The molecule has 0 aliphatic carbocycles. The first-order chi connectivity index (χ1) is 11.9. The van der Waals surface area contributed by atoms with Crippen LogP contribution in [0.5, 0.6) is 0 Å². The Kier molecular flexibility index (Phi) is 4.40. The quantitative estimate of drug-likeness (QED) is 0.738. The van der Waals surface area contributed by atoms with E-state index in [1.165, 1.54) is 5.56 Å². The maximum atomic E-state index is 5.46. The van der Waals surface area contributed by atoms with Gasteiger partial charge in [0, 0.05) is 37.0 Å². The standard InChI is InChI=1S/C20H21N3O/c1-3-7-17(8-4-1)20-18(15-22-11-13-24-14-12-22)16-23(21-20)19-9-5-2-6-10-19/h1-10,16H,11-15H2. The van der Waals surface area contributed by atoms with Gasteiger partial charge in [0.1, 0.15) is 0 Å². The molecule has 0 unspecified atom stereocenters. The van der Waals surface area contributed by atoms with Gasteiger partial charge in [0.05, 0.1) is 24.6 Å². The van der Waals surface area contributed by atoms with E-state index in [0.29, 0.717) is 0 Å². The highest BCUT2D eigenvalue weighted by atomic mass is 16.5. The minimum absolute atomic E-state index is 0.813. The molecule has 4 rings (SSSR count). The Hall–Kier alpha value is -2.43. The topological polar surface area (TPSA) is 30.3 Å². The van der Waals surface area contributed by atoms with Crippen LogP contribution < -0.4 is 0 Å². The summed E-state index contributed by atoms with van der Waals surface area (Å²) in [5, 5.41) is 4.87. The Morgan fingerprint density at radius 1 is 0.875 bits per heavy atom. The van der Waals surface area contributed by atoms with Crippen molar-refractivity contribution in [2.75, 3.05) is 26.3 Å². The lowest BCUT2D eigenvalue weighted by atomic mass is 10.1. The molecule has 0 spiro atoms. The second-order valence-electron chi connectivity index (χ2n) is 6.04. The average molecular weight is 319 g/mol. The van der Waals surface area contributed by atoms with Gasteiger partial charge in [0.25, 0.3) is 0 Å². The molecule has 4 heteroatoms. The third kappa shape index (κ3) is 3.25. The van der Waals surface area contributed by atoms with E-state index in [0.717, 1.165) is 49.8 Å². The zero-order valence-corrected chi connectivity index (χ0v) is 13.6. The number of aromatic nitrogens is 2. The molecule has 1 aliphatic rings. The zero-order chi connectivity index (χ0) is 16.2. The van der Waals surface area contributed by atoms with Gasteiger partial charge in [-0.2, -0.15) is 5.10 Å². The van der Waals surface area contributed by atoms with Crippen molar-refractivity contribution >= 4 is 0 Å². The lowest BCUT2D eigenvalue weighted by Gasteiger charge is -2.26. The molecule has 24 heavy (non-hydrogen) atoms. The molecule has 3 aromatic rings. The number of rotatable bonds is 4. The lowest BCUT2D eigenvalue weighted by Crippen LogP contribution is -2.35. The van der Waals surface area contributed by atoms with Crippen LogP contribution in [0.2, 0.25) is 0 Å². The molecule has 122 valence electrons. The van der Waals surface area contributed by atoms with Gasteiger partial charge in [0.2, 0.25) is 0 Å². The van der Waals surface area contributed by atoms with E-state index in [1.54, 1.807) is 0 Å². The molecular formula is C20H21N3O. The minimum Gasteiger partial charge on any atom is -0.379 e. The van der Waals surface area contributed by atoms with Crippen LogP contribution in [0.1, 0.15) is 5.56 Å². The predicted octanol–water partition coefficient (Wildman–Crippen LogP) is 3.37. The Labute approximate surface area is 142 Å². The smallest absolute Gasteiger partial charge is 0.0972 e. The fourth-order valence-corrected chi connectivity index (χ4v) is 3.08. The van der Waals surface area contributed by atoms with Gasteiger partial charge >= 0.3 is 0 Å². The fourth-order valence-electron chi connectivity index (χ4n) is 3.08. The van der Waals surface area contributed by atoms with Crippen LogP contribution in [0.25, 0.3) is 16.9 Å². The summed E-state index contributed by atoms with van der Waals surface area (Å²) >= 11 is 0. The summed E-state index contributed by atoms with van der Waals surface area (Å²) in [7, 11) is 0. The SMILES string of the molecule is c1ccc(-c2nn(-c3ccccc3)cc2CN2CCOCC2)cc1. The van der Waals surface area contributed by atoms with Gasteiger partial charge in [-0.3, -0.25) is 4.90 Å². The van der Waals surface area contributed by atoms with Crippen LogP contribution in [0, 0.1) is 0 Å². The summed E-state index contributed by atoms with van der Waals surface area (Å²) in [5.74, 6) is 0. The second-order valence-corrected chi connectivity index (χ2v) is 6.04. The molecule has 1 aliphatic heterocycles. The molecule has 1 saturated heterocycles.